The number of benzene rings is 1. The van der Waals surface area contributed by atoms with Crippen LogP contribution in [0.4, 0.5) is 0 Å². The molecule has 0 bridgehead atoms. The minimum atomic E-state index is -0.848. The molecule has 116 valence electrons. The lowest BCUT2D eigenvalue weighted by Gasteiger charge is -2.29. The monoisotopic (exact) mass is 307 g/mol. The molecule has 4 heteroatoms. The first-order chi connectivity index (χ1) is 10.2. The Kier molecular flexibility index (Phi) is 4.77. The number of ether oxygens (including phenoxy) is 1. The van der Waals surface area contributed by atoms with Crippen molar-refractivity contribution in [2.75, 3.05) is 13.7 Å². The maximum atomic E-state index is 13.1. The molecule has 0 aromatic heterocycles. The van der Waals surface area contributed by atoms with Gasteiger partial charge in [0.25, 0.3) is 0 Å². The standard InChI is InChI=1S/C17H25NO2S/c1-12-15(10-11-20-12)21(19)16-9-5-7-13-6-3-4-8-14(13)17(16)18-2/h3-4,6,8,12,15-18H,5,7,9-11H2,1-2H3. The third-order valence-corrected chi connectivity index (χ3v) is 7.23. The van der Waals surface area contributed by atoms with Crippen molar-refractivity contribution in [3.8, 4) is 0 Å². The zero-order valence-electron chi connectivity index (χ0n) is 12.9. The number of hydrogen-bond donors (Lipinski definition) is 1. The highest BCUT2D eigenvalue weighted by Gasteiger charge is 2.38. The molecule has 1 aromatic carbocycles. The smallest absolute Gasteiger partial charge is 0.0691 e. The lowest BCUT2D eigenvalue weighted by molar-refractivity contribution is 0.126. The summed E-state index contributed by atoms with van der Waals surface area (Å²) in [7, 11) is 1.14. The normalized spacial score (nSPS) is 34.2. The largest absolute Gasteiger partial charge is 0.377 e. The highest BCUT2D eigenvalue weighted by Crippen LogP contribution is 2.34. The van der Waals surface area contributed by atoms with Crippen molar-refractivity contribution in [2.45, 2.75) is 55.3 Å². The van der Waals surface area contributed by atoms with Crippen LogP contribution in [0.15, 0.2) is 24.3 Å². The van der Waals surface area contributed by atoms with Crippen LogP contribution >= 0.6 is 0 Å². The Morgan fingerprint density at radius 3 is 2.76 bits per heavy atom. The summed E-state index contributed by atoms with van der Waals surface area (Å²) in [6.45, 7) is 2.82. The van der Waals surface area contributed by atoms with Crippen LogP contribution in [0.2, 0.25) is 0 Å². The molecule has 3 rings (SSSR count). The van der Waals surface area contributed by atoms with E-state index >= 15 is 0 Å². The van der Waals surface area contributed by atoms with E-state index in [1.807, 2.05) is 7.05 Å². The van der Waals surface area contributed by atoms with Gasteiger partial charge in [-0.3, -0.25) is 4.21 Å². The first-order valence-corrected chi connectivity index (χ1v) is 9.26. The highest BCUT2D eigenvalue weighted by atomic mass is 32.2. The van der Waals surface area contributed by atoms with Gasteiger partial charge in [0.2, 0.25) is 0 Å². The van der Waals surface area contributed by atoms with Crippen LogP contribution in [-0.2, 0) is 22.0 Å². The summed E-state index contributed by atoms with van der Waals surface area (Å²) >= 11 is 0. The van der Waals surface area contributed by atoms with Gasteiger partial charge in [-0.05, 0) is 50.8 Å². The fourth-order valence-corrected chi connectivity index (χ4v) is 5.94. The van der Waals surface area contributed by atoms with Crippen LogP contribution in [0, 0.1) is 0 Å². The van der Waals surface area contributed by atoms with E-state index in [4.69, 9.17) is 4.74 Å². The molecule has 2 aliphatic rings. The summed E-state index contributed by atoms with van der Waals surface area (Å²) in [5.41, 5.74) is 2.74. The van der Waals surface area contributed by atoms with Crippen molar-refractivity contribution in [3.63, 3.8) is 0 Å². The van der Waals surface area contributed by atoms with Crippen LogP contribution in [0.25, 0.3) is 0 Å². The fourth-order valence-electron chi connectivity index (χ4n) is 3.76. The zero-order valence-corrected chi connectivity index (χ0v) is 13.7. The van der Waals surface area contributed by atoms with Crippen molar-refractivity contribution in [2.24, 2.45) is 0 Å². The van der Waals surface area contributed by atoms with Gasteiger partial charge in [0.15, 0.2) is 0 Å². The van der Waals surface area contributed by atoms with Gasteiger partial charge < -0.3 is 10.1 Å². The lowest BCUT2D eigenvalue weighted by atomic mass is 9.99. The Morgan fingerprint density at radius 2 is 2.05 bits per heavy atom. The summed E-state index contributed by atoms with van der Waals surface area (Å²) in [4.78, 5) is 0. The molecule has 21 heavy (non-hydrogen) atoms. The van der Waals surface area contributed by atoms with Crippen LogP contribution in [0.3, 0.4) is 0 Å². The average Bonchev–Trinajstić information content (AvgIpc) is 2.83. The van der Waals surface area contributed by atoms with Gasteiger partial charge >= 0.3 is 0 Å². The van der Waals surface area contributed by atoms with Crippen LogP contribution < -0.4 is 5.32 Å². The van der Waals surface area contributed by atoms with E-state index in [0.29, 0.717) is 0 Å². The highest BCUT2D eigenvalue weighted by molar-refractivity contribution is 7.86. The molecule has 0 amide bonds. The van der Waals surface area contributed by atoms with Gasteiger partial charge in [-0.15, -0.1) is 0 Å². The lowest BCUT2D eigenvalue weighted by Crippen LogP contribution is -2.38. The van der Waals surface area contributed by atoms with Crippen LogP contribution in [-0.4, -0.2) is 34.5 Å². The van der Waals surface area contributed by atoms with E-state index in [2.05, 4.69) is 36.5 Å². The molecule has 1 saturated heterocycles. The molecule has 1 fully saturated rings. The molecule has 5 atom stereocenters. The number of fused-ring (bicyclic) bond motifs is 1. The maximum Gasteiger partial charge on any atom is 0.0691 e. The topological polar surface area (TPSA) is 38.3 Å². The zero-order chi connectivity index (χ0) is 14.8. The Morgan fingerprint density at radius 1 is 1.24 bits per heavy atom. The minimum Gasteiger partial charge on any atom is -0.377 e. The summed E-state index contributed by atoms with van der Waals surface area (Å²) in [5, 5.41) is 3.81. The predicted octanol–water partition coefficient (Wildman–Crippen LogP) is 2.58. The van der Waals surface area contributed by atoms with E-state index in [1.165, 1.54) is 11.1 Å². The van der Waals surface area contributed by atoms with E-state index in [-0.39, 0.29) is 22.6 Å². The van der Waals surface area contributed by atoms with Crippen molar-refractivity contribution in [1.82, 2.24) is 5.32 Å². The van der Waals surface area contributed by atoms with Crippen molar-refractivity contribution < 1.29 is 8.95 Å². The van der Waals surface area contributed by atoms with Gasteiger partial charge in [-0.2, -0.15) is 0 Å². The molecular formula is C17H25NO2S. The number of aryl methyl sites for hydroxylation is 1. The van der Waals surface area contributed by atoms with Gasteiger partial charge in [-0.1, -0.05) is 24.3 Å². The second-order valence-electron chi connectivity index (χ2n) is 6.13. The molecule has 0 saturated carbocycles. The Balaban J connectivity index is 1.89. The molecule has 0 radical (unpaired) electrons. The Hall–Kier alpha value is -0.710. The summed E-state index contributed by atoms with van der Waals surface area (Å²) in [6, 6.07) is 8.80. The summed E-state index contributed by atoms with van der Waals surface area (Å²) in [5.74, 6) is 0. The Bertz CT molecular complexity index is 519. The number of hydrogen-bond acceptors (Lipinski definition) is 3. The fraction of sp³-hybridized carbons (Fsp3) is 0.647. The van der Waals surface area contributed by atoms with Gasteiger partial charge in [0.1, 0.15) is 0 Å². The van der Waals surface area contributed by atoms with Crippen LogP contribution in [0.5, 0.6) is 0 Å². The minimum absolute atomic E-state index is 0.127. The molecule has 0 spiro atoms. The van der Waals surface area contributed by atoms with Gasteiger partial charge in [0, 0.05) is 23.4 Å². The van der Waals surface area contributed by atoms with E-state index < -0.39 is 10.8 Å². The second kappa shape index (κ2) is 6.59. The SMILES string of the molecule is CNC1c2ccccc2CCCC1S(=O)C1CCOC1C. The average molecular weight is 307 g/mol. The molecule has 1 aliphatic heterocycles. The summed E-state index contributed by atoms with van der Waals surface area (Å²) < 4.78 is 18.8. The molecule has 1 heterocycles. The summed E-state index contributed by atoms with van der Waals surface area (Å²) in [6.07, 6.45) is 4.30. The van der Waals surface area contributed by atoms with Crippen LogP contribution in [0.1, 0.15) is 43.4 Å². The quantitative estimate of drug-likeness (QED) is 0.872. The third kappa shape index (κ3) is 2.94. The molecule has 1 N–H and O–H groups in total. The third-order valence-electron chi connectivity index (χ3n) is 4.91. The van der Waals surface area contributed by atoms with Gasteiger partial charge in [0.05, 0.1) is 16.6 Å². The van der Waals surface area contributed by atoms with E-state index in [0.717, 1.165) is 32.3 Å². The molecule has 3 nitrogen and oxygen atoms in total. The van der Waals surface area contributed by atoms with Crippen molar-refractivity contribution >= 4 is 10.8 Å². The maximum absolute atomic E-state index is 13.1. The van der Waals surface area contributed by atoms with Crippen molar-refractivity contribution in [1.29, 1.82) is 0 Å². The predicted molar refractivity (Wildman–Crippen MR) is 86.9 cm³/mol. The number of nitrogens with one attached hydrogen (secondary N) is 1. The van der Waals surface area contributed by atoms with E-state index in [1.54, 1.807) is 0 Å². The molecule has 5 unspecified atom stereocenters. The first-order valence-electron chi connectivity index (χ1n) is 7.98. The molecule has 1 aromatic rings. The number of rotatable bonds is 3. The second-order valence-corrected chi connectivity index (χ2v) is 8.00. The molecular weight excluding hydrogens is 282 g/mol. The van der Waals surface area contributed by atoms with Gasteiger partial charge in [-0.25, -0.2) is 0 Å². The van der Waals surface area contributed by atoms with E-state index in [9.17, 15) is 4.21 Å². The first kappa shape index (κ1) is 15.2. The van der Waals surface area contributed by atoms with Crippen molar-refractivity contribution in [3.05, 3.63) is 35.4 Å². The molecule has 1 aliphatic carbocycles. The Labute approximate surface area is 129 Å².